The number of anilines is 1. The minimum Gasteiger partial charge on any atom is -0.485 e. The van der Waals surface area contributed by atoms with Crippen molar-refractivity contribution < 1.29 is 9.53 Å². The third-order valence-electron chi connectivity index (χ3n) is 6.36. The van der Waals surface area contributed by atoms with Crippen LogP contribution in [0.25, 0.3) is 16.2 Å². The number of hydrogen-bond donors (Lipinski definition) is 1. The number of imidazole rings is 1. The number of rotatable bonds is 7. The van der Waals surface area contributed by atoms with Gasteiger partial charge in [-0.05, 0) is 32.2 Å². The minimum atomic E-state index is -0.399. The predicted octanol–water partition coefficient (Wildman–Crippen LogP) is 4.64. The van der Waals surface area contributed by atoms with Gasteiger partial charge in [0.2, 0.25) is 5.91 Å². The summed E-state index contributed by atoms with van der Waals surface area (Å²) < 4.78 is 8.41. The first-order valence-corrected chi connectivity index (χ1v) is 12.8. The van der Waals surface area contributed by atoms with E-state index < -0.39 is 5.91 Å². The van der Waals surface area contributed by atoms with Gasteiger partial charge in [0.25, 0.3) is 0 Å². The van der Waals surface area contributed by atoms with Gasteiger partial charge in [0.1, 0.15) is 17.5 Å². The highest BCUT2D eigenvalue weighted by molar-refractivity contribution is 7.15. The fourth-order valence-corrected chi connectivity index (χ4v) is 5.78. The van der Waals surface area contributed by atoms with Gasteiger partial charge in [-0.2, -0.15) is 0 Å². The second kappa shape index (κ2) is 9.89. The Bertz CT molecular complexity index is 1360. The molecule has 3 aromatic heterocycles. The molecule has 4 aromatic rings. The molecule has 1 aliphatic heterocycles. The number of nitrogens with two attached hydrogens (primary N) is 1. The van der Waals surface area contributed by atoms with Gasteiger partial charge >= 0.3 is 0 Å². The number of fused-ring (bicyclic) bond motifs is 1. The highest BCUT2D eigenvalue weighted by Gasteiger charge is 2.21. The minimum absolute atomic E-state index is 0.110. The van der Waals surface area contributed by atoms with Crippen LogP contribution in [-0.2, 0) is 11.2 Å². The maximum Gasteiger partial charge on any atom is 0.222 e. The summed E-state index contributed by atoms with van der Waals surface area (Å²) in [6.45, 7) is 6.02. The lowest BCUT2D eigenvalue weighted by Crippen LogP contribution is -2.44. The number of ether oxygens (including phenoxy) is 1. The van der Waals surface area contributed by atoms with Crippen LogP contribution < -0.4 is 15.4 Å². The Hall–Kier alpha value is -3.07. The lowest BCUT2D eigenvalue weighted by Gasteiger charge is -2.34. The molecule has 1 amide bonds. The topological polar surface area (TPSA) is 76.1 Å². The molecule has 0 saturated carbocycles. The van der Waals surface area contributed by atoms with Crippen LogP contribution in [0.3, 0.4) is 0 Å². The Morgan fingerprint density at radius 1 is 1.20 bits per heavy atom. The molecule has 0 aliphatic carbocycles. The van der Waals surface area contributed by atoms with Gasteiger partial charge in [-0.1, -0.05) is 29.8 Å². The van der Waals surface area contributed by atoms with Gasteiger partial charge in [0, 0.05) is 49.0 Å². The van der Waals surface area contributed by atoms with Gasteiger partial charge < -0.3 is 20.3 Å². The van der Waals surface area contributed by atoms with Crippen LogP contribution in [0.2, 0.25) is 5.02 Å². The fourth-order valence-electron chi connectivity index (χ4n) is 4.38. The number of thiophene rings is 1. The molecule has 0 spiro atoms. The number of likely N-dealkylation sites (N-methyl/N-ethyl adjacent to an activating group) is 1. The zero-order valence-electron chi connectivity index (χ0n) is 19.8. The van der Waals surface area contributed by atoms with Crippen molar-refractivity contribution in [1.82, 2.24) is 14.3 Å². The molecule has 0 radical (unpaired) electrons. The molecule has 182 valence electrons. The van der Waals surface area contributed by atoms with Crippen molar-refractivity contribution in [3.8, 4) is 16.3 Å². The number of pyridine rings is 1. The number of amides is 1. The molecule has 1 atom stereocenters. The van der Waals surface area contributed by atoms with E-state index in [4.69, 9.17) is 22.1 Å². The monoisotopic (exact) mass is 509 g/mol. The van der Waals surface area contributed by atoms with Gasteiger partial charge in [0.05, 0.1) is 33.8 Å². The first-order valence-electron chi connectivity index (χ1n) is 11.6. The summed E-state index contributed by atoms with van der Waals surface area (Å²) in [5, 5.41) is 0.644. The molecule has 35 heavy (non-hydrogen) atoms. The van der Waals surface area contributed by atoms with Crippen molar-refractivity contribution in [2.45, 2.75) is 19.4 Å². The van der Waals surface area contributed by atoms with E-state index in [1.807, 2.05) is 49.5 Å². The first-order chi connectivity index (χ1) is 16.9. The fraction of sp³-hybridized carbons (Fsp3) is 0.308. The highest BCUT2D eigenvalue weighted by atomic mass is 35.5. The van der Waals surface area contributed by atoms with E-state index in [-0.39, 0.29) is 12.5 Å². The van der Waals surface area contributed by atoms with Crippen LogP contribution in [0.15, 0.2) is 54.9 Å². The third-order valence-corrected chi connectivity index (χ3v) is 7.85. The number of primary amides is 1. The number of nitrogens with zero attached hydrogens (tertiary/aromatic N) is 4. The van der Waals surface area contributed by atoms with E-state index >= 15 is 0 Å². The van der Waals surface area contributed by atoms with Crippen LogP contribution in [0.1, 0.15) is 23.5 Å². The smallest absolute Gasteiger partial charge is 0.222 e. The molecule has 0 bridgehead atoms. The maximum atomic E-state index is 11.8. The SMILES string of the molecule is C[C@@H](Oc1cc(-c2cnc3ccc(N4CCN(C)CC4)cn23)sc1CC(N)=O)c1ccccc1Cl. The molecule has 1 aliphatic rings. The average molecular weight is 510 g/mol. The Kier molecular flexibility index (Phi) is 6.69. The molecule has 2 N–H and O–H groups in total. The Labute approximate surface area is 213 Å². The molecule has 1 fully saturated rings. The van der Waals surface area contributed by atoms with E-state index in [2.05, 4.69) is 38.5 Å². The largest absolute Gasteiger partial charge is 0.485 e. The highest BCUT2D eigenvalue weighted by Crippen LogP contribution is 2.39. The van der Waals surface area contributed by atoms with E-state index in [1.54, 1.807) is 0 Å². The standard InChI is InChI=1S/C26H28ClN5O2S/c1-17(19-5-3-4-6-20(19)27)34-22-13-23(35-24(22)14-25(28)33)21-15-29-26-8-7-18(16-32(21)26)31-11-9-30(2)10-12-31/h3-8,13,15-17H,9-12,14H2,1-2H3,(H2,28,33)/t17-/m1/s1. The first kappa shape index (κ1) is 23.7. The number of carbonyl (C=O) groups excluding carboxylic acids is 1. The summed E-state index contributed by atoms with van der Waals surface area (Å²) in [4.78, 5) is 22.9. The molecule has 5 rings (SSSR count). The van der Waals surface area contributed by atoms with Crippen LogP contribution in [0.5, 0.6) is 5.75 Å². The van der Waals surface area contributed by atoms with Crippen molar-refractivity contribution in [1.29, 1.82) is 0 Å². The van der Waals surface area contributed by atoms with E-state index in [0.717, 1.165) is 52.8 Å². The van der Waals surface area contributed by atoms with Crippen LogP contribution in [0, 0.1) is 0 Å². The van der Waals surface area contributed by atoms with E-state index in [1.165, 1.54) is 17.0 Å². The van der Waals surface area contributed by atoms with E-state index in [9.17, 15) is 4.79 Å². The molecule has 7 nitrogen and oxygen atoms in total. The molecule has 0 unspecified atom stereocenters. The number of piperazine rings is 1. The number of hydrogen-bond acceptors (Lipinski definition) is 6. The molecule has 4 heterocycles. The van der Waals surface area contributed by atoms with E-state index in [0.29, 0.717) is 10.8 Å². The van der Waals surface area contributed by atoms with Crippen molar-refractivity contribution in [3.63, 3.8) is 0 Å². The summed E-state index contributed by atoms with van der Waals surface area (Å²) in [5.41, 5.74) is 9.43. The number of benzene rings is 1. The number of halogens is 1. The lowest BCUT2D eigenvalue weighted by atomic mass is 10.1. The number of carbonyl (C=O) groups is 1. The van der Waals surface area contributed by atoms with Gasteiger partial charge in [-0.25, -0.2) is 4.98 Å². The molecule has 1 saturated heterocycles. The normalized spacial score (nSPS) is 15.5. The summed E-state index contributed by atoms with van der Waals surface area (Å²) in [6.07, 6.45) is 3.83. The van der Waals surface area contributed by atoms with Crippen LogP contribution in [-0.4, -0.2) is 53.4 Å². The zero-order chi connectivity index (χ0) is 24.5. The van der Waals surface area contributed by atoms with Crippen LogP contribution >= 0.6 is 22.9 Å². The predicted molar refractivity (Wildman–Crippen MR) is 142 cm³/mol. The van der Waals surface area contributed by atoms with Gasteiger partial charge in [0.15, 0.2) is 0 Å². The molecular formula is C26H28ClN5O2S. The van der Waals surface area contributed by atoms with Crippen LogP contribution in [0.4, 0.5) is 5.69 Å². The zero-order valence-corrected chi connectivity index (χ0v) is 21.4. The lowest BCUT2D eigenvalue weighted by molar-refractivity contribution is -0.117. The summed E-state index contributed by atoms with van der Waals surface area (Å²) >= 11 is 7.88. The molecule has 1 aromatic carbocycles. The average Bonchev–Trinajstić information content (AvgIpc) is 3.42. The quantitative estimate of drug-likeness (QED) is 0.393. The Morgan fingerprint density at radius 2 is 1.97 bits per heavy atom. The van der Waals surface area contributed by atoms with Gasteiger partial charge in [-0.15, -0.1) is 11.3 Å². The van der Waals surface area contributed by atoms with Crippen molar-refractivity contribution in [2.24, 2.45) is 5.73 Å². The number of aromatic nitrogens is 2. The summed E-state index contributed by atoms with van der Waals surface area (Å²) in [6, 6.07) is 13.8. The third kappa shape index (κ3) is 5.00. The molecule has 9 heteroatoms. The Balaban J connectivity index is 1.49. The maximum absolute atomic E-state index is 11.8. The van der Waals surface area contributed by atoms with Gasteiger partial charge in [-0.3, -0.25) is 9.20 Å². The Morgan fingerprint density at radius 3 is 2.71 bits per heavy atom. The van der Waals surface area contributed by atoms with Crippen molar-refractivity contribution in [2.75, 3.05) is 38.1 Å². The summed E-state index contributed by atoms with van der Waals surface area (Å²) in [7, 11) is 2.15. The summed E-state index contributed by atoms with van der Waals surface area (Å²) in [5.74, 6) is 0.241. The van der Waals surface area contributed by atoms with Crippen molar-refractivity contribution in [3.05, 3.63) is 70.3 Å². The molecular weight excluding hydrogens is 482 g/mol. The van der Waals surface area contributed by atoms with Crippen molar-refractivity contribution >= 4 is 40.2 Å². The second-order valence-electron chi connectivity index (χ2n) is 8.87. The second-order valence-corrected chi connectivity index (χ2v) is 10.4.